The number of hydrogen-bond donors (Lipinski definition) is 2. The summed E-state index contributed by atoms with van der Waals surface area (Å²) in [5.74, 6) is 1.35. The summed E-state index contributed by atoms with van der Waals surface area (Å²) in [7, 11) is 1.63. The van der Waals surface area contributed by atoms with Crippen molar-refractivity contribution in [3.63, 3.8) is 0 Å². The minimum atomic E-state index is -0.177. The van der Waals surface area contributed by atoms with E-state index in [1.807, 2.05) is 36.4 Å². The van der Waals surface area contributed by atoms with E-state index in [1.165, 1.54) is 24.2 Å². The molecular weight excluding hydrogens is 564 g/mol. The fraction of sp³-hybridized carbons (Fsp3) is 0.382. The van der Waals surface area contributed by atoms with Crippen LogP contribution in [0.2, 0.25) is 0 Å². The van der Waals surface area contributed by atoms with Gasteiger partial charge in [-0.05, 0) is 74.0 Å². The van der Waals surface area contributed by atoms with Crippen LogP contribution in [-0.4, -0.2) is 85.5 Å². The Kier molecular flexibility index (Phi) is 9.25. The molecule has 2 N–H and O–H groups in total. The lowest BCUT2D eigenvalue weighted by Crippen LogP contribution is -2.35. The largest absolute Gasteiger partial charge is 0.508 e. The van der Waals surface area contributed by atoms with Crippen LogP contribution in [0.3, 0.4) is 0 Å². The summed E-state index contributed by atoms with van der Waals surface area (Å²) in [4.78, 5) is 19.7. The van der Waals surface area contributed by atoms with Crippen molar-refractivity contribution in [2.24, 2.45) is 0 Å². The van der Waals surface area contributed by atoms with E-state index in [-0.39, 0.29) is 18.1 Å². The summed E-state index contributed by atoms with van der Waals surface area (Å²) in [6, 6.07) is 16.5. The molecule has 0 atom stereocenters. The van der Waals surface area contributed by atoms with Crippen LogP contribution >= 0.6 is 11.3 Å². The third-order valence-electron chi connectivity index (χ3n) is 8.30. The lowest BCUT2D eigenvalue weighted by Gasteiger charge is -2.27. The van der Waals surface area contributed by atoms with Gasteiger partial charge in [0, 0.05) is 63.4 Å². The predicted octanol–water partition coefficient (Wildman–Crippen LogP) is 5.31. The molecule has 0 radical (unpaired) electrons. The van der Waals surface area contributed by atoms with E-state index in [1.54, 1.807) is 25.3 Å². The Hall–Kier alpha value is -3.47. The number of likely N-dealkylation sites (tertiary alicyclic amines) is 1. The summed E-state index contributed by atoms with van der Waals surface area (Å²) in [5.41, 5.74) is 3.60. The first kappa shape index (κ1) is 29.6. The number of fused-ring (bicyclic) bond motifs is 1. The molecule has 8 nitrogen and oxygen atoms in total. The van der Waals surface area contributed by atoms with E-state index in [0.29, 0.717) is 48.0 Å². The van der Waals surface area contributed by atoms with Gasteiger partial charge in [0.2, 0.25) is 0 Å². The monoisotopic (exact) mass is 602 g/mol. The van der Waals surface area contributed by atoms with Gasteiger partial charge in [-0.1, -0.05) is 12.1 Å². The van der Waals surface area contributed by atoms with Crippen molar-refractivity contribution in [3.05, 3.63) is 76.9 Å². The van der Waals surface area contributed by atoms with Crippen LogP contribution in [0, 0.1) is 0 Å². The number of thiophene rings is 1. The molecule has 1 aromatic heterocycles. The minimum absolute atomic E-state index is 0.125. The summed E-state index contributed by atoms with van der Waals surface area (Å²) in [6.07, 6.45) is 2.46. The highest BCUT2D eigenvalue weighted by atomic mass is 32.1. The smallest absolute Gasteiger partial charge is 0.195 e. The summed E-state index contributed by atoms with van der Waals surface area (Å²) in [6.45, 7) is 7.33. The first-order chi connectivity index (χ1) is 21.0. The van der Waals surface area contributed by atoms with Crippen LogP contribution in [0.25, 0.3) is 20.5 Å². The van der Waals surface area contributed by atoms with Crippen LogP contribution in [0.4, 0.5) is 0 Å². The summed E-state index contributed by atoms with van der Waals surface area (Å²) < 4.78 is 18.1. The number of rotatable bonds is 11. The van der Waals surface area contributed by atoms with Crippen LogP contribution in [-0.2, 0) is 17.9 Å². The molecular formula is C34H38N2O6S. The molecule has 0 amide bonds. The Morgan fingerprint density at radius 1 is 0.930 bits per heavy atom. The third-order valence-corrected chi connectivity index (χ3v) is 9.51. The Balaban J connectivity index is 1.32. The average Bonchev–Trinajstić information content (AvgIpc) is 3.69. The van der Waals surface area contributed by atoms with Crippen molar-refractivity contribution in [3.8, 4) is 27.7 Å². The second kappa shape index (κ2) is 13.4. The molecule has 9 heteroatoms. The topological polar surface area (TPSA) is 91.7 Å². The quantitative estimate of drug-likeness (QED) is 0.223. The Morgan fingerprint density at radius 3 is 2.51 bits per heavy atom. The number of phenolic OH excluding ortho intramolecular Hbond substituents is 1. The van der Waals surface area contributed by atoms with Gasteiger partial charge in [-0.2, -0.15) is 0 Å². The van der Waals surface area contributed by atoms with Crippen LogP contribution in [0.15, 0.2) is 54.6 Å². The van der Waals surface area contributed by atoms with Crippen molar-refractivity contribution in [1.29, 1.82) is 0 Å². The zero-order valence-electron chi connectivity index (χ0n) is 24.5. The van der Waals surface area contributed by atoms with E-state index in [2.05, 4.69) is 9.80 Å². The van der Waals surface area contributed by atoms with Gasteiger partial charge in [0.25, 0.3) is 0 Å². The maximum absolute atomic E-state index is 14.2. The maximum Gasteiger partial charge on any atom is 0.195 e. The molecule has 0 aliphatic carbocycles. The SMILES string of the molecule is COc1cc(C(=O)c2c(-c3ccc(OCCN4CCCC4)c(CO)c3)sc3cc(O)ccc23)ccc1CN1CCOCC1. The molecule has 3 aromatic carbocycles. The molecule has 0 bridgehead atoms. The molecule has 2 aliphatic rings. The molecule has 0 spiro atoms. The fourth-order valence-electron chi connectivity index (χ4n) is 5.95. The number of ketones is 1. The summed E-state index contributed by atoms with van der Waals surface area (Å²) in [5, 5.41) is 21.2. The Morgan fingerprint density at radius 2 is 1.74 bits per heavy atom. The van der Waals surface area contributed by atoms with E-state index < -0.39 is 0 Å². The zero-order valence-corrected chi connectivity index (χ0v) is 25.3. The minimum Gasteiger partial charge on any atom is -0.508 e. The molecule has 2 fully saturated rings. The lowest BCUT2D eigenvalue weighted by atomic mass is 9.96. The molecule has 2 saturated heterocycles. The van der Waals surface area contributed by atoms with E-state index in [4.69, 9.17) is 14.2 Å². The number of methoxy groups -OCH3 is 1. The summed E-state index contributed by atoms with van der Waals surface area (Å²) >= 11 is 1.45. The highest BCUT2D eigenvalue weighted by Crippen LogP contribution is 2.42. The second-order valence-corrected chi connectivity index (χ2v) is 12.2. The number of nitrogens with zero attached hydrogens (tertiary/aromatic N) is 2. The number of carbonyl (C=O) groups is 1. The van der Waals surface area contributed by atoms with Gasteiger partial charge in [-0.15, -0.1) is 11.3 Å². The maximum atomic E-state index is 14.2. The number of phenols is 1. The van der Waals surface area contributed by atoms with E-state index in [0.717, 1.165) is 65.4 Å². The number of aromatic hydroxyl groups is 1. The average molecular weight is 603 g/mol. The Labute approximate surface area is 256 Å². The van der Waals surface area contributed by atoms with Gasteiger partial charge < -0.3 is 24.4 Å². The van der Waals surface area contributed by atoms with E-state index >= 15 is 0 Å². The molecule has 226 valence electrons. The van der Waals surface area contributed by atoms with Crippen molar-refractivity contribution in [2.45, 2.75) is 26.0 Å². The van der Waals surface area contributed by atoms with E-state index in [9.17, 15) is 15.0 Å². The molecule has 43 heavy (non-hydrogen) atoms. The van der Waals surface area contributed by atoms with Crippen molar-refractivity contribution in [2.75, 3.05) is 59.7 Å². The molecule has 0 saturated carbocycles. The predicted molar refractivity (Wildman–Crippen MR) is 169 cm³/mol. The number of carbonyl (C=O) groups excluding carboxylic acids is 1. The standard InChI is InChI=1S/C34H38N2O6S/c1-40-30-19-23(4-5-25(30)21-36-12-15-41-16-13-36)33(39)32-28-8-7-27(38)20-31(28)43-34(32)24-6-9-29(26(18-24)22-37)42-17-14-35-10-2-3-11-35/h4-9,18-20,37-38H,2-3,10-17,21-22H2,1H3. The molecule has 6 rings (SSSR count). The Bertz CT molecular complexity index is 1590. The number of ether oxygens (including phenoxy) is 3. The fourth-order valence-corrected chi connectivity index (χ4v) is 7.18. The van der Waals surface area contributed by atoms with Crippen molar-refractivity contribution in [1.82, 2.24) is 9.80 Å². The van der Waals surface area contributed by atoms with Gasteiger partial charge in [-0.25, -0.2) is 0 Å². The lowest BCUT2D eigenvalue weighted by molar-refractivity contribution is 0.0339. The molecule has 3 heterocycles. The number of morpholine rings is 1. The second-order valence-electron chi connectivity index (χ2n) is 11.1. The van der Waals surface area contributed by atoms with Crippen LogP contribution in [0.5, 0.6) is 17.2 Å². The molecule has 4 aromatic rings. The van der Waals surface area contributed by atoms with Gasteiger partial charge in [0.1, 0.15) is 23.9 Å². The van der Waals surface area contributed by atoms with Crippen molar-refractivity contribution < 1.29 is 29.2 Å². The molecule has 2 aliphatic heterocycles. The number of hydrogen-bond acceptors (Lipinski definition) is 9. The third kappa shape index (κ3) is 6.56. The highest BCUT2D eigenvalue weighted by Gasteiger charge is 2.24. The van der Waals surface area contributed by atoms with Gasteiger partial charge in [0.15, 0.2) is 5.78 Å². The van der Waals surface area contributed by atoms with Gasteiger partial charge in [0.05, 0.1) is 26.9 Å². The normalized spacial score (nSPS) is 16.1. The number of benzene rings is 3. The first-order valence-corrected chi connectivity index (χ1v) is 15.7. The van der Waals surface area contributed by atoms with Gasteiger partial charge >= 0.3 is 0 Å². The number of aliphatic hydroxyl groups is 1. The van der Waals surface area contributed by atoms with Crippen molar-refractivity contribution >= 4 is 27.2 Å². The van der Waals surface area contributed by atoms with Crippen LogP contribution < -0.4 is 9.47 Å². The molecule has 0 unspecified atom stereocenters. The first-order valence-electron chi connectivity index (χ1n) is 14.9. The zero-order chi connectivity index (χ0) is 29.8. The highest BCUT2D eigenvalue weighted by molar-refractivity contribution is 7.22. The van der Waals surface area contributed by atoms with Crippen LogP contribution in [0.1, 0.15) is 39.9 Å². The number of aliphatic hydroxyl groups excluding tert-OH is 1. The van der Waals surface area contributed by atoms with Gasteiger partial charge in [-0.3, -0.25) is 14.6 Å².